The first-order valence-electron chi connectivity index (χ1n) is 11.3. The van der Waals surface area contributed by atoms with Crippen molar-refractivity contribution >= 4 is 34.7 Å². The van der Waals surface area contributed by atoms with Crippen LogP contribution in [0.2, 0.25) is 5.02 Å². The van der Waals surface area contributed by atoms with Gasteiger partial charge < -0.3 is 30.7 Å². The van der Waals surface area contributed by atoms with Gasteiger partial charge in [0.2, 0.25) is 0 Å². The molecule has 0 radical (unpaired) electrons. The number of ether oxygens (including phenoxy) is 1. The molecule has 2 rings (SSSR count). The topological polar surface area (TPSA) is 103 Å². The van der Waals surface area contributed by atoms with Gasteiger partial charge in [0.1, 0.15) is 0 Å². The van der Waals surface area contributed by atoms with Crippen LogP contribution >= 0.6 is 11.6 Å². The number of nitrogens with zero attached hydrogens (tertiary/aromatic N) is 1. The molecule has 34 heavy (non-hydrogen) atoms. The summed E-state index contributed by atoms with van der Waals surface area (Å²) in [5.41, 5.74) is 3.60. The van der Waals surface area contributed by atoms with E-state index in [1.54, 1.807) is 44.3 Å². The third kappa shape index (κ3) is 7.43. The Morgan fingerprint density at radius 3 is 2.76 bits per heavy atom. The van der Waals surface area contributed by atoms with Gasteiger partial charge in [0.25, 0.3) is 11.8 Å². The molecule has 1 unspecified atom stereocenters. The SMILES string of the molecule is C/C=C(C(=O)NCC(O)CN(C)CCOCC)/C(C)=C(/C=C1\C(=O)Nc2ccc(Cl)cc21)NC. The minimum Gasteiger partial charge on any atom is -0.390 e. The number of amides is 2. The lowest BCUT2D eigenvalue weighted by molar-refractivity contribution is -0.117. The van der Waals surface area contributed by atoms with Crippen molar-refractivity contribution in [1.82, 2.24) is 15.5 Å². The molecular weight excluding hydrogens is 456 g/mol. The van der Waals surface area contributed by atoms with Crippen LogP contribution in [-0.4, -0.2) is 74.9 Å². The summed E-state index contributed by atoms with van der Waals surface area (Å²) >= 11 is 6.12. The van der Waals surface area contributed by atoms with E-state index < -0.39 is 6.10 Å². The van der Waals surface area contributed by atoms with Crippen molar-refractivity contribution in [3.63, 3.8) is 0 Å². The van der Waals surface area contributed by atoms with Crippen LogP contribution < -0.4 is 16.0 Å². The number of carbonyl (C=O) groups excluding carboxylic acids is 2. The van der Waals surface area contributed by atoms with Gasteiger partial charge in [0.15, 0.2) is 0 Å². The lowest BCUT2D eigenvalue weighted by Gasteiger charge is -2.21. The highest BCUT2D eigenvalue weighted by molar-refractivity contribution is 6.34. The number of benzene rings is 1. The second-order valence-electron chi connectivity index (χ2n) is 8.02. The molecule has 1 aliphatic rings. The van der Waals surface area contributed by atoms with Gasteiger partial charge in [0.05, 0.1) is 18.3 Å². The first-order chi connectivity index (χ1) is 16.2. The third-order valence-electron chi connectivity index (χ3n) is 5.51. The van der Waals surface area contributed by atoms with E-state index in [4.69, 9.17) is 16.3 Å². The van der Waals surface area contributed by atoms with E-state index >= 15 is 0 Å². The second-order valence-corrected chi connectivity index (χ2v) is 8.45. The van der Waals surface area contributed by atoms with E-state index in [-0.39, 0.29) is 18.4 Å². The maximum Gasteiger partial charge on any atom is 0.256 e. The smallest absolute Gasteiger partial charge is 0.256 e. The first-order valence-corrected chi connectivity index (χ1v) is 11.7. The zero-order valence-corrected chi connectivity index (χ0v) is 21.3. The summed E-state index contributed by atoms with van der Waals surface area (Å²) in [6, 6.07) is 5.22. The summed E-state index contributed by atoms with van der Waals surface area (Å²) in [4.78, 5) is 27.4. The predicted molar refractivity (Wildman–Crippen MR) is 137 cm³/mol. The zero-order valence-electron chi connectivity index (χ0n) is 20.5. The molecule has 0 spiro atoms. The van der Waals surface area contributed by atoms with E-state index in [0.717, 1.165) is 0 Å². The van der Waals surface area contributed by atoms with Gasteiger partial charge in [-0.25, -0.2) is 0 Å². The molecule has 0 aliphatic carbocycles. The zero-order chi connectivity index (χ0) is 25.3. The molecule has 0 fully saturated rings. The Bertz CT molecular complexity index is 987. The van der Waals surface area contributed by atoms with Crippen molar-refractivity contribution in [2.45, 2.75) is 26.9 Å². The number of aliphatic hydroxyl groups excluding tert-OH is 1. The maximum atomic E-state index is 12.9. The Labute approximate surface area is 206 Å². The van der Waals surface area contributed by atoms with Crippen molar-refractivity contribution < 1.29 is 19.4 Å². The van der Waals surface area contributed by atoms with Crippen LogP contribution in [0.1, 0.15) is 26.3 Å². The lowest BCUT2D eigenvalue weighted by atomic mass is 10.0. The standard InChI is InChI=1S/C25H35ClN4O4/c1-6-19(24(32)28-14-18(31)15-30(5)10-11-34-7-2)16(3)23(27-4)13-21-20-12-17(26)8-9-22(20)29-25(21)33/h6,8-9,12-13,18,27,31H,7,10-11,14-15H2,1-5H3,(H,28,32)(H,29,33)/b19-6-,21-13-,23-16-. The van der Waals surface area contributed by atoms with E-state index in [1.807, 2.05) is 25.8 Å². The fourth-order valence-corrected chi connectivity index (χ4v) is 3.84. The Morgan fingerprint density at radius 1 is 1.38 bits per heavy atom. The monoisotopic (exact) mass is 490 g/mol. The van der Waals surface area contributed by atoms with Gasteiger partial charge in [-0.2, -0.15) is 0 Å². The molecule has 1 heterocycles. The number of aliphatic hydroxyl groups is 1. The maximum absolute atomic E-state index is 12.9. The molecule has 1 aromatic rings. The largest absolute Gasteiger partial charge is 0.390 e. The highest BCUT2D eigenvalue weighted by Gasteiger charge is 2.25. The first kappa shape index (κ1) is 27.6. The summed E-state index contributed by atoms with van der Waals surface area (Å²) in [5, 5.41) is 19.5. The number of rotatable bonds is 12. The highest BCUT2D eigenvalue weighted by Crippen LogP contribution is 2.34. The van der Waals surface area contributed by atoms with Gasteiger partial charge in [-0.1, -0.05) is 17.7 Å². The Kier molecular flexibility index (Phi) is 10.8. The van der Waals surface area contributed by atoms with Crippen molar-refractivity contribution in [2.75, 3.05) is 52.3 Å². The van der Waals surface area contributed by atoms with Gasteiger partial charge in [-0.05, 0) is 57.7 Å². The molecule has 0 saturated carbocycles. The van der Waals surface area contributed by atoms with Crippen LogP contribution in [-0.2, 0) is 14.3 Å². The molecule has 0 saturated heterocycles. The third-order valence-corrected chi connectivity index (χ3v) is 5.74. The molecule has 2 amide bonds. The fourth-order valence-electron chi connectivity index (χ4n) is 3.66. The average Bonchev–Trinajstić information content (AvgIpc) is 3.10. The number of hydrogen-bond acceptors (Lipinski definition) is 6. The summed E-state index contributed by atoms with van der Waals surface area (Å²) < 4.78 is 5.32. The molecule has 186 valence electrons. The van der Waals surface area contributed by atoms with Crippen molar-refractivity contribution in [2.24, 2.45) is 0 Å². The Hall–Kier alpha value is -2.65. The lowest BCUT2D eigenvalue weighted by Crippen LogP contribution is -2.40. The molecule has 4 N–H and O–H groups in total. The van der Waals surface area contributed by atoms with Gasteiger partial charge in [-0.15, -0.1) is 0 Å². The molecule has 0 bridgehead atoms. The molecule has 1 aromatic carbocycles. The normalized spacial score (nSPS) is 16.3. The summed E-state index contributed by atoms with van der Waals surface area (Å²) in [6.07, 6.45) is 2.71. The number of likely N-dealkylation sites (N-methyl/N-ethyl adjacent to an activating group) is 2. The summed E-state index contributed by atoms with van der Waals surface area (Å²) in [7, 11) is 3.63. The molecular formula is C25H35ClN4O4. The number of halogens is 1. The molecule has 8 nitrogen and oxygen atoms in total. The van der Waals surface area contributed by atoms with Crippen LogP contribution in [0.25, 0.3) is 5.57 Å². The van der Waals surface area contributed by atoms with E-state index in [2.05, 4.69) is 16.0 Å². The minimum absolute atomic E-state index is 0.118. The number of anilines is 1. The highest BCUT2D eigenvalue weighted by atomic mass is 35.5. The number of fused-ring (bicyclic) bond motifs is 1. The number of carbonyl (C=O) groups is 2. The van der Waals surface area contributed by atoms with Crippen molar-refractivity contribution in [1.29, 1.82) is 0 Å². The number of allylic oxidation sites excluding steroid dienone is 2. The predicted octanol–water partition coefficient (Wildman–Crippen LogP) is 2.56. The Balaban J connectivity index is 2.12. The van der Waals surface area contributed by atoms with Gasteiger partial charge in [0, 0.05) is 60.8 Å². The Morgan fingerprint density at radius 2 is 2.12 bits per heavy atom. The number of nitrogens with one attached hydrogen (secondary N) is 3. The average molecular weight is 491 g/mol. The molecule has 0 aromatic heterocycles. The van der Waals surface area contributed by atoms with Gasteiger partial charge in [-0.3, -0.25) is 9.59 Å². The number of hydrogen-bond donors (Lipinski definition) is 4. The fraction of sp³-hybridized carbons (Fsp3) is 0.440. The van der Waals surface area contributed by atoms with Crippen LogP contribution in [0.3, 0.4) is 0 Å². The van der Waals surface area contributed by atoms with E-state index in [0.29, 0.717) is 65.0 Å². The second kappa shape index (κ2) is 13.3. The van der Waals surface area contributed by atoms with Crippen molar-refractivity contribution in [3.05, 3.63) is 57.8 Å². The molecule has 1 aliphatic heterocycles. The minimum atomic E-state index is -0.715. The molecule has 9 heteroatoms. The molecule has 1 atom stereocenters. The van der Waals surface area contributed by atoms with E-state index in [9.17, 15) is 14.7 Å². The van der Waals surface area contributed by atoms with Gasteiger partial charge >= 0.3 is 0 Å². The van der Waals surface area contributed by atoms with E-state index in [1.165, 1.54) is 0 Å². The van der Waals surface area contributed by atoms with Crippen molar-refractivity contribution in [3.8, 4) is 0 Å². The van der Waals surface area contributed by atoms with Crippen LogP contribution in [0.5, 0.6) is 0 Å². The van der Waals surface area contributed by atoms with Crippen LogP contribution in [0.4, 0.5) is 5.69 Å². The van der Waals surface area contributed by atoms with Crippen LogP contribution in [0.15, 0.2) is 47.2 Å². The van der Waals surface area contributed by atoms with Crippen LogP contribution in [0, 0.1) is 0 Å². The quantitative estimate of drug-likeness (QED) is 0.204. The summed E-state index contributed by atoms with van der Waals surface area (Å²) in [6.45, 7) is 7.99. The summed E-state index contributed by atoms with van der Waals surface area (Å²) in [5.74, 6) is -0.539.